The molecule has 0 bridgehead atoms. The molecular weight excluding hydrogens is 162 g/mol. The van der Waals surface area contributed by atoms with Crippen LogP contribution < -0.4 is 5.73 Å². The van der Waals surface area contributed by atoms with E-state index < -0.39 is 0 Å². The van der Waals surface area contributed by atoms with Gasteiger partial charge in [0.15, 0.2) is 0 Å². The summed E-state index contributed by atoms with van der Waals surface area (Å²) in [6.07, 6.45) is 8.67. The minimum absolute atomic E-state index is 0.0849. The van der Waals surface area contributed by atoms with Crippen molar-refractivity contribution >= 4 is 0 Å². The summed E-state index contributed by atoms with van der Waals surface area (Å²) < 4.78 is 1.96. The predicted molar refractivity (Wildman–Crippen MR) is 52.4 cm³/mol. The second-order valence-corrected chi connectivity index (χ2v) is 4.10. The first-order valence-corrected chi connectivity index (χ1v) is 5.02. The molecule has 2 N–H and O–H groups in total. The van der Waals surface area contributed by atoms with Crippen molar-refractivity contribution in [3.8, 4) is 0 Å². The van der Waals surface area contributed by atoms with Crippen LogP contribution in [0.1, 0.15) is 31.7 Å². The first-order valence-electron chi connectivity index (χ1n) is 5.02. The molecule has 1 aliphatic rings. The zero-order valence-corrected chi connectivity index (χ0v) is 8.16. The van der Waals surface area contributed by atoms with Gasteiger partial charge < -0.3 is 5.73 Å². The monoisotopic (exact) mass is 179 g/mol. The molecule has 0 radical (unpaired) electrons. The van der Waals surface area contributed by atoms with Crippen molar-refractivity contribution in [2.75, 3.05) is 0 Å². The maximum absolute atomic E-state index is 6.15. The van der Waals surface area contributed by atoms with Crippen LogP contribution in [0.4, 0.5) is 0 Å². The van der Waals surface area contributed by atoms with E-state index in [1.165, 1.54) is 24.8 Å². The second kappa shape index (κ2) is 3.14. The minimum atomic E-state index is 0.0849. The fraction of sp³-hybridized carbons (Fsp3) is 0.700. The molecule has 72 valence electrons. The lowest BCUT2D eigenvalue weighted by Gasteiger charge is -2.37. The molecular formula is C10H17N3. The van der Waals surface area contributed by atoms with Crippen molar-refractivity contribution in [2.45, 2.75) is 44.7 Å². The normalized spacial score (nSPS) is 19.8. The molecule has 0 amide bonds. The maximum Gasteiger partial charge on any atom is 0.0522 e. The van der Waals surface area contributed by atoms with Gasteiger partial charge in [-0.3, -0.25) is 4.68 Å². The van der Waals surface area contributed by atoms with Gasteiger partial charge in [0.1, 0.15) is 0 Å². The molecule has 3 nitrogen and oxygen atoms in total. The topological polar surface area (TPSA) is 43.8 Å². The lowest BCUT2D eigenvalue weighted by molar-refractivity contribution is 0.247. The Morgan fingerprint density at radius 1 is 1.62 bits per heavy atom. The molecule has 1 heterocycles. The van der Waals surface area contributed by atoms with Crippen molar-refractivity contribution in [3.05, 3.63) is 18.0 Å². The Morgan fingerprint density at radius 3 is 2.85 bits per heavy atom. The van der Waals surface area contributed by atoms with E-state index in [1.807, 2.05) is 10.9 Å². The Kier molecular flexibility index (Phi) is 2.12. The molecule has 0 spiro atoms. The Labute approximate surface area is 78.9 Å². The molecule has 1 aliphatic carbocycles. The molecule has 1 aromatic heterocycles. The van der Waals surface area contributed by atoms with E-state index in [0.29, 0.717) is 0 Å². The summed E-state index contributed by atoms with van der Waals surface area (Å²) in [4.78, 5) is 0. The van der Waals surface area contributed by atoms with Gasteiger partial charge >= 0.3 is 0 Å². The summed E-state index contributed by atoms with van der Waals surface area (Å²) in [5.41, 5.74) is 7.51. The number of hydrogen-bond acceptors (Lipinski definition) is 2. The van der Waals surface area contributed by atoms with Crippen LogP contribution in [-0.2, 0) is 13.0 Å². The van der Waals surface area contributed by atoms with Crippen LogP contribution in [0.3, 0.4) is 0 Å². The van der Waals surface area contributed by atoms with E-state index in [9.17, 15) is 0 Å². The molecule has 2 rings (SSSR count). The smallest absolute Gasteiger partial charge is 0.0522 e. The van der Waals surface area contributed by atoms with Crippen LogP contribution in [0.2, 0.25) is 0 Å². The van der Waals surface area contributed by atoms with E-state index in [0.717, 1.165) is 13.0 Å². The van der Waals surface area contributed by atoms with Gasteiger partial charge in [-0.25, -0.2) is 0 Å². The molecule has 0 unspecified atom stereocenters. The fourth-order valence-electron chi connectivity index (χ4n) is 1.88. The number of rotatable bonds is 3. The van der Waals surface area contributed by atoms with Gasteiger partial charge in [-0.15, -0.1) is 0 Å². The highest BCUT2D eigenvalue weighted by atomic mass is 15.3. The summed E-state index contributed by atoms with van der Waals surface area (Å²) >= 11 is 0. The zero-order chi connectivity index (χ0) is 9.31. The molecule has 0 aromatic carbocycles. The number of aryl methyl sites for hydroxylation is 1. The van der Waals surface area contributed by atoms with Crippen LogP contribution in [-0.4, -0.2) is 15.3 Å². The van der Waals surface area contributed by atoms with Crippen molar-refractivity contribution in [1.82, 2.24) is 9.78 Å². The van der Waals surface area contributed by atoms with Gasteiger partial charge in [0.05, 0.1) is 6.20 Å². The number of hydrogen-bond donors (Lipinski definition) is 1. The van der Waals surface area contributed by atoms with E-state index in [-0.39, 0.29) is 5.54 Å². The summed E-state index contributed by atoms with van der Waals surface area (Å²) in [5, 5.41) is 4.24. The highest BCUT2D eigenvalue weighted by molar-refractivity contribution is 5.11. The molecule has 1 aromatic rings. The van der Waals surface area contributed by atoms with Crippen molar-refractivity contribution < 1.29 is 0 Å². The van der Waals surface area contributed by atoms with E-state index in [1.54, 1.807) is 0 Å². The third kappa shape index (κ3) is 1.75. The van der Waals surface area contributed by atoms with Gasteiger partial charge in [0, 0.05) is 18.3 Å². The molecule has 1 fully saturated rings. The van der Waals surface area contributed by atoms with Crippen molar-refractivity contribution in [2.24, 2.45) is 5.73 Å². The van der Waals surface area contributed by atoms with Gasteiger partial charge in [0.2, 0.25) is 0 Å². The largest absolute Gasteiger partial charge is 0.325 e. The van der Waals surface area contributed by atoms with E-state index in [4.69, 9.17) is 5.73 Å². The first kappa shape index (κ1) is 8.75. The van der Waals surface area contributed by atoms with Gasteiger partial charge in [-0.2, -0.15) is 5.10 Å². The van der Waals surface area contributed by atoms with Crippen LogP contribution in [0, 0.1) is 0 Å². The molecule has 13 heavy (non-hydrogen) atoms. The molecule has 0 aliphatic heterocycles. The molecule has 1 saturated carbocycles. The standard InChI is InChI=1S/C10H17N3/c1-2-13-8-9(7-12-13)6-10(11)4-3-5-10/h7-8H,2-6,11H2,1H3. The Hall–Kier alpha value is -0.830. The third-order valence-electron chi connectivity index (χ3n) is 2.92. The SMILES string of the molecule is CCn1cc(CC2(N)CCC2)cn1. The van der Waals surface area contributed by atoms with Crippen LogP contribution in [0.5, 0.6) is 0 Å². The molecule has 3 heteroatoms. The highest BCUT2D eigenvalue weighted by Crippen LogP contribution is 2.32. The zero-order valence-electron chi connectivity index (χ0n) is 8.16. The predicted octanol–water partition coefficient (Wildman–Crippen LogP) is 1.33. The number of nitrogens with two attached hydrogens (primary N) is 1. The molecule has 0 saturated heterocycles. The number of aromatic nitrogens is 2. The van der Waals surface area contributed by atoms with Gasteiger partial charge in [0.25, 0.3) is 0 Å². The summed E-state index contributed by atoms with van der Waals surface area (Å²) in [6, 6.07) is 0. The Morgan fingerprint density at radius 2 is 2.38 bits per heavy atom. The minimum Gasteiger partial charge on any atom is -0.325 e. The quantitative estimate of drug-likeness (QED) is 0.760. The summed E-state index contributed by atoms with van der Waals surface area (Å²) in [5.74, 6) is 0. The van der Waals surface area contributed by atoms with E-state index >= 15 is 0 Å². The van der Waals surface area contributed by atoms with Crippen LogP contribution in [0.25, 0.3) is 0 Å². The van der Waals surface area contributed by atoms with Gasteiger partial charge in [-0.1, -0.05) is 0 Å². The Balaban J connectivity index is 2.01. The van der Waals surface area contributed by atoms with E-state index in [2.05, 4.69) is 18.2 Å². The Bertz CT molecular complexity index is 286. The maximum atomic E-state index is 6.15. The lowest BCUT2D eigenvalue weighted by atomic mass is 9.74. The first-order chi connectivity index (χ1) is 6.22. The van der Waals surface area contributed by atoms with Crippen LogP contribution >= 0.6 is 0 Å². The van der Waals surface area contributed by atoms with Crippen molar-refractivity contribution in [3.63, 3.8) is 0 Å². The highest BCUT2D eigenvalue weighted by Gasteiger charge is 2.32. The lowest BCUT2D eigenvalue weighted by Crippen LogP contribution is -2.48. The third-order valence-corrected chi connectivity index (χ3v) is 2.92. The second-order valence-electron chi connectivity index (χ2n) is 4.10. The summed E-state index contributed by atoms with van der Waals surface area (Å²) in [6.45, 7) is 3.04. The van der Waals surface area contributed by atoms with Crippen molar-refractivity contribution in [1.29, 1.82) is 0 Å². The number of nitrogens with zero attached hydrogens (tertiary/aromatic N) is 2. The molecule has 0 atom stereocenters. The van der Waals surface area contributed by atoms with Gasteiger partial charge in [-0.05, 0) is 38.2 Å². The average molecular weight is 179 g/mol. The average Bonchev–Trinajstić information content (AvgIpc) is 2.49. The fourth-order valence-corrected chi connectivity index (χ4v) is 1.88. The summed E-state index contributed by atoms with van der Waals surface area (Å²) in [7, 11) is 0. The van der Waals surface area contributed by atoms with Crippen LogP contribution in [0.15, 0.2) is 12.4 Å².